The second-order valence-electron chi connectivity index (χ2n) is 21.2. The minimum absolute atomic E-state index is 0.105. The van der Waals surface area contributed by atoms with E-state index in [1.54, 1.807) is 35.1 Å². The van der Waals surface area contributed by atoms with Crippen LogP contribution in [-0.4, -0.2) is 87.3 Å². The first-order valence-electron chi connectivity index (χ1n) is 24.1. The second kappa shape index (κ2) is 18.6. The molecule has 0 radical (unpaired) electrons. The van der Waals surface area contributed by atoms with Crippen LogP contribution in [-0.2, 0) is 72.5 Å². The average molecular weight is 1060 g/mol. The molecule has 9 heterocycles. The third kappa shape index (κ3) is 9.17. The molecule has 0 saturated carbocycles. The van der Waals surface area contributed by atoms with Gasteiger partial charge in [-0.2, -0.15) is 0 Å². The summed E-state index contributed by atoms with van der Waals surface area (Å²) in [6, 6.07) is 21.5. The number of rotatable bonds is 8. The van der Waals surface area contributed by atoms with E-state index in [9.17, 15) is 29.4 Å². The molecular formula is C53H62Ge2N4O10. The molecule has 0 bridgehead atoms. The number of aromatic nitrogens is 4. The Balaban J connectivity index is 0.000000143. The van der Waals surface area contributed by atoms with Gasteiger partial charge in [-0.25, -0.2) is 9.78 Å². The number of cyclic esters (lactones) is 2. The number of ether oxygens (including phenoxy) is 4. The number of fused-ring (bicyclic) bond motifs is 10. The Morgan fingerprint density at radius 1 is 0.652 bits per heavy atom. The Kier molecular flexibility index (Phi) is 13.3. The fourth-order valence-corrected chi connectivity index (χ4v) is 14.4. The normalized spacial score (nSPS) is 20.1. The van der Waals surface area contributed by atoms with Crippen molar-refractivity contribution in [3.05, 3.63) is 126 Å². The maximum atomic E-state index is 13.4. The molecule has 0 amide bonds. The fraction of sp³-hybridized carbons (Fsp3) is 0.434. The van der Waals surface area contributed by atoms with Crippen LogP contribution >= 0.6 is 0 Å². The summed E-state index contributed by atoms with van der Waals surface area (Å²) in [6.45, 7) is 5.67. The molecule has 1 fully saturated rings. The van der Waals surface area contributed by atoms with E-state index in [1.807, 2.05) is 48.5 Å². The van der Waals surface area contributed by atoms with Crippen molar-refractivity contribution in [1.29, 1.82) is 0 Å². The number of hydrogen-bond acceptors (Lipinski definition) is 12. The molecule has 0 unspecified atom stereocenters. The van der Waals surface area contributed by atoms with Gasteiger partial charge in [0, 0.05) is 16.5 Å². The summed E-state index contributed by atoms with van der Waals surface area (Å²) in [7, 11) is 0. The standard InChI is InChI=1S/C25H28GeN2O4.C20H16N2O4.C8H18GeO2/c1-5-25(31)19-12-21-22-17(13-28(21)23(29)18(19)14-32-24(25)30)15(10-11-26(2,3)4)16-8-6-7-9-20(16)27-22;1-2-20(25)14-8-16-17-12(7-11-5-3-4-6-15(11)21-17)9-22(16)18(23)13(14)10-26-19(20)24;1-9(2,3)5-4-8-10-6-7-11-8/h6-9,12,31H,5,10-11,13-14H2,1-4H3;3-8,25H,2,9-10H2,1H3;8H,4-7H2,1-3H3/t25-;20-;/m00./s1. The van der Waals surface area contributed by atoms with Crippen molar-refractivity contribution in [2.75, 3.05) is 13.2 Å². The van der Waals surface area contributed by atoms with Crippen molar-refractivity contribution >= 4 is 60.3 Å². The van der Waals surface area contributed by atoms with Crippen molar-refractivity contribution in [2.24, 2.45) is 0 Å². The monoisotopic (exact) mass is 1060 g/mol. The number of nitrogens with zero attached hydrogens (tertiary/aromatic N) is 4. The van der Waals surface area contributed by atoms with E-state index in [0.717, 1.165) is 70.4 Å². The summed E-state index contributed by atoms with van der Waals surface area (Å²) in [4.78, 5) is 60.7. The SMILES string of the molecule is CC[C@@]1(O)C(=O)OCc2c1cc1n(c2=O)Cc2c-1nc1ccccc1c2C[CH2][Ge]([CH3])([CH3])[CH3].CC[C@@]1(O)C(=O)OCc2c1cc1n(c2=O)Cc2cc3ccccc3nc2-1.[CH3][Ge]([CH3])([CH3])[CH2]CC1OCCO1. The molecule has 2 atom stereocenters. The van der Waals surface area contributed by atoms with Gasteiger partial charge in [-0.15, -0.1) is 0 Å². The molecule has 6 aromatic rings. The van der Waals surface area contributed by atoms with Crippen molar-refractivity contribution in [3.8, 4) is 22.8 Å². The van der Waals surface area contributed by atoms with Gasteiger partial charge in [-0.1, -0.05) is 25.1 Å². The van der Waals surface area contributed by atoms with Gasteiger partial charge >= 0.3 is 267 Å². The van der Waals surface area contributed by atoms with Crippen LogP contribution in [0.5, 0.6) is 0 Å². The van der Waals surface area contributed by atoms with Crippen LogP contribution < -0.4 is 11.1 Å². The van der Waals surface area contributed by atoms with E-state index in [0.29, 0.717) is 46.7 Å². The molecule has 362 valence electrons. The van der Waals surface area contributed by atoms with Gasteiger partial charge in [0.25, 0.3) is 5.56 Å². The average Bonchev–Trinajstić information content (AvgIpc) is 4.07. The van der Waals surface area contributed by atoms with E-state index in [4.69, 9.17) is 28.9 Å². The Hall–Kier alpha value is -4.97. The first-order valence-corrected chi connectivity index (χ1v) is 39.7. The number of aryl methyl sites for hydroxylation is 1. The summed E-state index contributed by atoms with van der Waals surface area (Å²) < 4.78 is 24.3. The number of pyridine rings is 4. The summed E-state index contributed by atoms with van der Waals surface area (Å²) >= 11 is -3.12. The van der Waals surface area contributed by atoms with E-state index in [1.165, 1.54) is 16.1 Å². The van der Waals surface area contributed by atoms with Gasteiger partial charge in [-0.05, 0) is 24.6 Å². The molecule has 16 heteroatoms. The molecule has 69 heavy (non-hydrogen) atoms. The predicted molar refractivity (Wildman–Crippen MR) is 269 cm³/mol. The molecule has 0 spiro atoms. The number of esters is 2. The van der Waals surface area contributed by atoms with Crippen LogP contribution in [0.25, 0.3) is 44.6 Å². The zero-order valence-electron chi connectivity index (χ0n) is 40.9. The zero-order valence-corrected chi connectivity index (χ0v) is 45.1. The molecule has 0 aliphatic carbocycles. The van der Waals surface area contributed by atoms with Gasteiger partial charge in [0.2, 0.25) is 0 Å². The van der Waals surface area contributed by atoms with Gasteiger partial charge in [0.05, 0.1) is 29.0 Å². The number of carbonyl (C=O) groups is 2. The van der Waals surface area contributed by atoms with Crippen molar-refractivity contribution in [1.82, 2.24) is 19.1 Å². The molecule has 5 aliphatic heterocycles. The summed E-state index contributed by atoms with van der Waals surface area (Å²) in [5.41, 5.74) is 5.26. The van der Waals surface area contributed by atoms with E-state index in [-0.39, 0.29) is 43.5 Å². The molecule has 11 rings (SSSR count). The van der Waals surface area contributed by atoms with Crippen LogP contribution in [0.4, 0.5) is 0 Å². The Morgan fingerprint density at radius 3 is 1.75 bits per heavy atom. The van der Waals surface area contributed by atoms with E-state index >= 15 is 0 Å². The van der Waals surface area contributed by atoms with E-state index < -0.39 is 49.7 Å². The summed E-state index contributed by atoms with van der Waals surface area (Å²) in [5, 5.41) is 26.6. The number of aliphatic hydroxyl groups is 2. The zero-order chi connectivity index (χ0) is 49.2. The van der Waals surface area contributed by atoms with Gasteiger partial charge in [-0.3, -0.25) is 4.79 Å². The number of para-hydroxylation sites is 2. The molecular weight excluding hydrogens is 998 g/mol. The van der Waals surface area contributed by atoms with Crippen molar-refractivity contribution < 1.29 is 38.7 Å². The number of benzene rings is 2. The van der Waals surface area contributed by atoms with E-state index in [2.05, 4.69) is 40.6 Å². The minimum atomic E-state index is -1.80. The van der Waals surface area contributed by atoms with Crippen LogP contribution in [0.1, 0.15) is 72.1 Å². The Bertz CT molecular complexity index is 3170. The topological polar surface area (TPSA) is 181 Å². The van der Waals surface area contributed by atoms with Crippen LogP contribution in [0, 0.1) is 0 Å². The van der Waals surface area contributed by atoms with Crippen LogP contribution in [0.15, 0.2) is 76.3 Å². The van der Waals surface area contributed by atoms with Gasteiger partial charge < -0.3 is 14.4 Å². The first kappa shape index (κ1) is 49.0. The number of carbonyl (C=O) groups excluding carboxylic acids is 2. The molecule has 14 nitrogen and oxygen atoms in total. The Labute approximate surface area is 406 Å². The van der Waals surface area contributed by atoms with Crippen molar-refractivity contribution in [2.45, 2.75) is 128 Å². The number of hydrogen-bond donors (Lipinski definition) is 2. The quantitative estimate of drug-likeness (QED) is 0.110. The third-order valence-corrected chi connectivity index (χ3v) is 21.5. The van der Waals surface area contributed by atoms with Crippen LogP contribution in [0.3, 0.4) is 0 Å². The second-order valence-corrected chi connectivity index (χ2v) is 44.7. The van der Waals surface area contributed by atoms with Gasteiger partial charge in [0.1, 0.15) is 6.61 Å². The maximum absolute atomic E-state index is 13.4. The fourth-order valence-electron chi connectivity index (χ4n) is 9.95. The van der Waals surface area contributed by atoms with Gasteiger partial charge in [0.15, 0.2) is 5.60 Å². The first-order chi connectivity index (χ1) is 32.7. The third-order valence-electron chi connectivity index (χ3n) is 14.1. The molecule has 2 aromatic carbocycles. The Morgan fingerprint density at radius 2 is 1.17 bits per heavy atom. The summed E-state index contributed by atoms with van der Waals surface area (Å²) in [6.07, 6.45) is 2.49. The molecule has 5 aliphatic rings. The van der Waals surface area contributed by atoms with Crippen LogP contribution in [0.2, 0.25) is 45.0 Å². The van der Waals surface area contributed by atoms with Crippen molar-refractivity contribution in [3.63, 3.8) is 0 Å². The predicted octanol–water partition coefficient (Wildman–Crippen LogP) is 8.13. The summed E-state index contributed by atoms with van der Waals surface area (Å²) in [5.74, 6) is 13.1. The molecule has 1 saturated heterocycles. The molecule has 4 aromatic heterocycles. The molecule has 2 N–H and O–H groups in total.